The molecule has 0 aliphatic heterocycles. The number of hydrogen-bond donors (Lipinski definition) is 0. The highest BCUT2D eigenvalue weighted by Crippen LogP contribution is 2.30. The number of sulfonamides is 1. The molecule has 1 heterocycles. The molecule has 0 N–H and O–H groups in total. The summed E-state index contributed by atoms with van der Waals surface area (Å²) < 4.78 is 36.3. The average molecular weight is 456 g/mol. The summed E-state index contributed by atoms with van der Waals surface area (Å²) in [5.74, 6) is 1.10. The van der Waals surface area contributed by atoms with Gasteiger partial charge in [-0.1, -0.05) is 37.5 Å². The normalized spacial score (nSPS) is 15.2. The lowest BCUT2D eigenvalue weighted by molar-refractivity contribution is 0.271. The highest BCUT2D eigenvalue weighted by atomic mass is 32.2. The minimum Gasteiger partial charge on any atom is -0.494 e. The van der Waals surface area contributed by atoms with Crippen LogP contribution in [0.15, 0.2) is 59.8 Å². The van der Waals surface area contributed by atoms with Crippen molar-refractivity contribution in [3.05, 3.63) is 60.4 Å². The molecular weight excluding hydrogens is 426 g/mol. The van der Waals surface area contributed by atoms with Gasteiger partial charge in [0.05, 0.1) is 17.2 Å². The highest BCUT2D eigenvalue weighted by molar-refractivity contribution is 7.89. The van der Waals surface area contributed by atoms with Crippen LogP contribution in [0.25, 0.3) is 5.69 Å². The van der Waals surface area contributed by atoms with E-state index in [1.807, 2.05) is 31.2 Å². The van der Waals surface area contributed by atoms with Crippen molar-refractivity contribution in [2.24, 2.45) is 5.92 Å². The van der Waals surface area contributed by atoms with Gasteiger partial charge in [-0.3, -0.25) is 0 Å². The van der Waals surface area contributed by atoms with E-state index >= 15 is 0 Å². The monoisotopic (exact) mass is 455 g/mol. The molecule has 8 nitrogen and oxygen atoms in total. The van der Waals surface area contributed by atoms with E-state index in [1.165, 1.54) is 17.4 Å². The van der Waals surface area contributed by atoms with Crippen molar-refractivity contribution in [1.29, 1.82) is 0 Å². The number of tetrazole rings is 1. The maximum atomic E-state index is 13.7. The third-order valence-corrected chi connectivity index (χ3v) is 7.72. The quantitative estimate of drug-likeness (QED) is 0.487. The standard InChI is InChI=1S/C23H29N5O3S/c1-2-31-23-11-7-6-10-20(23)17-27(16-19-8-4-3-5-9-19)32(29,30)22-14-12-21(13-15-22)28-18-24-25-26-28/h6-7,10-15,18-19H,2-5,8-9,16-17H2,1H3. The Labute approximate surface area is 189 Å². The van der Waals surface area contributed by atoms with E-state index in [-0.39, 0.29) is 11.4 Å². The van der Waals surface area contributed by atoms with Gasteiger partial charge in [-0.2, -0.15) is 4.31 Å². The van der Waals surface area contributed by atoms with Crippen molar-refractivity contribution in [3.63, 3.8) is 0 Å². The second-order valence-corrected chi connectivity index (χ2v) is 10.0. The van der Waals surface area contributed by atoms with Crippen LogP contribution in [0, 0.1) is 5.92 Å². The molecule has 1 aliphatic carbocycles. The summed E-state index contributed by atoms with van der Waals surface area (Å²) in [4.78, 5) is 0.263. The fourth-order valence-corrected chi connectivity index (χ4v) is 5.72. The Hall–Kier alpha value is -2.78. The molecule has 1 aromatic heterocycles. The molecule has 0 amide bonds. The second kappa shape index (κ2) is 10.2. The molecule has 1 saturated carbocycles. The molecule has 32 heavy (non-hydrogen) atoms. The van der Waals surface area contributed by atoms with E-state index < -0.39 is 10.0 Å². The maximum absolute atomic E-state index is 13.7. The van der Waals surface area contributed by atoms with E-state index in [4.69, 9.17) is 4.74 Å². The number of rotatable bonds is 9. The van der Waals surface area contributed by atoms with Gasteiger partial charge in [0.15, 0.2) is 0 Å². The Morgan fingerprint density at radius 3 is 2.50 bits per heavy atom. The van der Waals surface area contributed by atoms with Gasteiger partial charge in [0, 0.05) is 18.7 Å². The zero-order valence-corrected chi connectivity index (χ0v) is 19.1. The number of aromatic nitrogens is 4. The number of para-hydroxylation sites is 1. The van der Waals surface area contributed by atoms with Crippen LogP contribution in [0.3, 0.4) is 0 Å². The summed E-state index contributed by atoms with van der Waals surface area (Å²) >= 11 is 0. The first kappa shape index (κ1) is 22.4. The molecule has 9 heteroatoms. The molecule has 1 fully saturated rings. The SMILES string of the molecule is CCOc1ccccc1CN(CC1CCCCC1)S(=O)(=O)c1ccc(-n2cnnn2)cc1. The molecule has 2 aromatic carbocycles. The van der Waals surface area contributed by atoms with Gasteiger partial charge >= 0.3 is 0 Å². The highest BCUT2D eigenvalue weighted by Gasteiger charge is 2.29. The summed E-state index contributed by atoms with van der Waals surface area (Å²) in [6.07, 6.45) is 7.16. The van der Waals surface area contributed by atoms with E-state index in [2.05, 4.69) is 15.5 Å². The predicted molar refractivity (Wildman–Crippen MR) is 121 cm³/mol. The van der Waals surface area contributed by atoms with Gasteiger partial charge in [-0.15, -0.1) is 5.10 Å². The Morgan fingerprint density at radius 1 is 1.06 bits per heavy atom. The molecule has 3 aromatic rings. The van der Waals surface area contributed by atoms with Crippen molar-refractivity contribution in [1.82, 2.24) is 24.5 Å². The molecule has 0 spiro atoms. The third-order valence-electron chi connectivity index (χ3n) is 5.89. The van der Waals surface area contributed by atoms with Crippen molar-refractivity contribution in [2.45, 2.75) is 50.5 Å². The van der Waals surface area contributed by atoms with E-state index in [0.717, 1.165) is 37.0 Å². The van der Waals surface area contributed by atoms with Crippen molar-refractivity contribution in [2.75, 3.05) is 13.2 Å². The van der Waals surface area contributed by atoms with Crippen LogP contribution in [-0.2, 0) is 16.6 Å². The molecule has 0 radical (unpaired) electrons. The first-order chi connectivity index (χ1) is 15.6. The topological polar surface area (TPSA) is 90.2 Å². The minimum absolute atomic E-state index is 0.263. The first-order valence-electron chi connectivity index (χ1n) is 11.1. The van der Waals surface area contributed by atoms with Crippen LogP contribution >= 0.6 is 0 Å². The van der Waals surface area contributed by atoms with Gasteiger partial charge in [0.1, 0.15) is 12.1 Å². The van der Waals surface area contributed by atoms with E-state index in [0.29, 0.717) is 24.8 Å². The molecule has 170 valence electrons. The predicted octanol–water partition coefficient (Wildman–Crippen LogP) is 3.83. The first-order valence-corrected chi connectivity index (χ1v) is 12.6. The molecule has 0 atom stereocenters. The van der Waals surface area contributed by atoms with Crippen LogP contribution in [0.2, 0.25) is 0 Å². The Kier molecular flexibility index (Phi) is 7.16. The number of benzene rings is 2. The van der Waals surface area contributed by atoms with Gasteiger partial charge in [-0.25, -0.2) is 13.1 Å². The molecular formula is C23H29N5O3S. The smallest absolute Gasteiger partial charge is 0.243 e. The van der Waals surface area contributed by atoms with Crippen molar-refractivity contribution in [3.8, 4) is 11.4 Å². The summed E-state index contributed by atoms with van der Waals surface area (Å²) in [6.45, 7) is 3.26. The lowest BCUT2D eigenvalue weighted by Crippen LogP contribution is -2.35. The van der Waals surface area contributed by atoms with Gasteiger partial charge in [0.2, 0.25) is 10.0 Å². The van der Waals surface area contributed by atoms with E-state index in [1.54, 1.807) is 28.6 Å². The lowest BCUT2D eigenvalue weighted by Gasteiger charge is -2.29. The van der Waals surface area contributed by atoms with E-state index in [9.17, 15) is 8.42 Å². The zero-order valence-electron chi connectivity index (χ0n) is 18.3. The Bertz CT molecular complexity index is 1090. The third kappa shape index (κ3) is 5.16. The fourth-order valence-electron chi connectivity index (χ4n) is 4.23. The maximum Gasteiger partial charge on any atom is 0.243 e. The van der Waals surface area contributed by atoms with Crippen molar-refractivity contribution >= 4 is 10.0 Å². The molecule has 0 bridgehead atoms. The van der Waals surface area contributed by atoms with Crippen LogP contribution < -0.4 is 4.74 Å². The van der Waals surface area contributed by atoms with Crippen LogP contribution in [0.4, 0.5) is 0 Å². The summed E-state index contributed by atoms with van der Waals surface area (Å²) in [5.41, 5.74) is 1.58. The van der Waals surface area contributed by atoms with Crippen LogP contribution in [-0.4, -0.2) is 46.1 Å². The lowest BCUT2D eigenvalue weighted by atomic mass is 9.89. The average Bonchev–Trinajstić information content (AvgIpc) is 3.36. The van der Waals surface area contributed by atoms with Gasteiger partial charge in [-0.05, 0) is 66.4 Å². The zero-order chi connectivity index (χ0) is 22.4. The molecule has 0 unspecified atom stereocenters. The molecule has 1 aliphatic rings. The fraction of sp³-hybridized carbons (Fsp3) is 0.435. The van der Waals surface area contributed by atoms with Gasteiger partial charge < -0.3 is 4.74 Å². The minimum atomic E-state index is -3.70. The summed E-state index contributed by atoms with van der Waals surface area (Å²) in [5, 5.41) is 11.1. The number of ether oxygens (including phenoxy) is 1. The largest absolute Gasteiger partial charge is 0.494 e. The summed E-state index contributed by atoms with van der Waals surface area (Å²) in [6, 6.07) is 14.3. The number of hydrogen-bond acceptors (Lipinski definition) is 6. The number of nitrogens with zero attached hydrogens (tertiary/aromatic N) is 5. The Morgan fingerprint density at radius 2 is 1.81 bits per heavy atom. The van der Waals surface area contributed by atoms with Gasteiger partial charge in [0.25, 0.3) is 0 Å². The van der Waals surface area contributed by atoms with Crippen LogP contribution in [0.1, 0.15) is 44.6 Å². The van der Waals surface area contributed by atoms with Crippen molar-refractivity contribution < 1.29 is 13.2 Å². The summed E-state index contributed by atoms with van der Waals surface area (Å²) in [7, 11) is -3.70. The second-order valence-electron chi connectivity index (χ2n) is 8.09. The Balaban J connectivity index is 1.63. The van der Waals surface area contributed by atoms with Crippen LogP contribution in [0.5, 0.6) is 5.75 Å². The molecule has 4 rings (SSSR count). The molecule has 0 saturated heterocycles.